The van der Waals surface area contributed by atoms with Crippen LogP contribution < -0.4 is 10.1 Å². The van der Waals surface area contributed by atoms with Crippen LogP contribution in [-0.2, 0) is 22.6 Å². The molecule has 38 heavy (non-hydrogen) atoms. The minimum Gasteiger partial charge on any atom is -0.484 e. The molecule has 1 aliphatic rings. The highest BCUT2D eigenvalue weighted by Crippen LogP contribution is 2.25. The molecule has 5 nitrogen and oxygen atoms in total. The van der Waals surface area contributed by atoms with Gasteiger partial charge in [0.1, 0.15) is 11.8 Å². The van der Waals surface area contributed by atoms with Gasteiger partial charge in [-0.1, -0.05) is 78.5 Å². The first-order valence-electron chi connectivity index (χ1n) is 13.1. The summed E-state index contributed by atoms with van der Waals surface area (Å²) in [5.74, 6) is 0.193. The molecule has 3 aromatic carbocycles. The van der Waals surface area contributed by atoms with Crippen LogP contribution in [0.15, 0.2) is 66.7 Å². The molecule has 1 N–H and O–H groups in total. The summed E-state index contributed by atoms with van der Waals surface area (Å²) in [6.07, 6.45) is 4.50. The van der Waals surface area contributed by atoms with Gasteiger partial charge in [-0.05, 0) is 73.2 Å². The summed E-state index contributed by atoms with van der Waals surface area (Å²) >= 11 is 12.4. The zero-order valence-corrected chi connectivity index (χ0v) is 23.4. The molecule has 1 fully saturated rings. The predicted molar refractivity (Wildman–Crippen MR) is 153 cm³/mol. The monoisotopic (exact) mass is 552 g/mol. The van der Waals surface area contributed by atoms with Crippen molar-refractivity contribution in [3.8, 4) is 5.75 Å². The number of halogens is 2. The SMILES string of the molecule is Cc1cc(C)cc(OCC(=O)N(Cc2ccc(Cl)c(Cl)c2)[C@H](Cc2ccccc2)C(=O)NC2CCCC2)c1. The van der Waals surface area contributed by atoms with Crippen LogP contribution in [0.1, 0.15) is 47.9 Å². The van der Waals surface area contributed by atoms with E-state index in [1.807, 2.05) is 62.4 Å². The summed E-state index contributed by atoms with van der Waals surface area (Å²) in [5.41, 5.74) is 3.86. The minimum absolute atomic E-state index is 0.134. The smallest absolute Gasteiger partial charge is 0.261 e. The maximum absolute atomic E-state index is 13.8. The Balaban J connectivity index is 1.63. The standard InChI is InChI=1S/C31H34Cl2N2O3/c1-21-14-22(2)16-26(15-21)38-20-30(36)35(19-24-12-13-27(32)28(33)17-24)29(18-23-8-4-3-5-9-23)31(37)34-25-10-6-7-11-25/h3-5,8-9,12-17,25,29H,6-7,10-11,18-20H2,1-2H3,(H,34,37)/t29-/m1/s1. The number of amides is 2. The van der Waals surface area contributed by atoms with E-state index >= 15 is 0 Å². The Morgan fingerprint density at radius 3 is 2.26 bits per heavy atom. The lowest BCUT2D eigenvalue weighted by Crippen LogP contribution is -2.53. The first-order chi connectivity index (χ1) is 18.3. The highest BCUT2D eigenvalue weighted by Gasteiger charge is 2.32. The lowest BCUT2D eigenvalue weighted by atomic mass is 10.0. The van der Waals surface area contributed by atoms with Crippen LogP contribution in [0.3, 0.4) is 0 Å². The predicted octanol–water partition coefficient (Wildman–Crippen LogP) is 6.69. The second-order valence-electron chi connectivity index (χ2n) is 10.1. The average Bonchev–Trinajstić information content (AvgIpc) is 3.40. The minimum atomic E-state index is -0.720. The van der Waals surface area contributed by atoms with Gasteiger partial charge in [-0.25, -0.2) is 0 Å². The molecule has 200 valence electrons. The Morgan fingerprint density at radius 1 is 0.921 bits per heavy atom. The van der Waals surface area contributed by atoms with Gasteiger partial charge < -0.3 is 15.0 Å². The Hall–Kier alpha value is -3.02. The first-order valence-corrected chi connectivity index (χ1v) is 13.8. The Labute approximate surface area is 235 Å². The lowest BCUT2D eigenvalue weighted by Gasteiger charge is -2.32. The Kier molecular flexibility index (Phi) is 9.70. The number of hydrogen-bond acceptors (Lipinski definition) is 3. The molecule has 0 spiro atoms. The van der Waals surface area contributed by atoms with Crippen molar-refractivity contribution in [2.45, 2.75) is 64.6 Å². The third-order valence-corrected chi connectivity index (χ3v) is 7.61. The van der Waals surface area contributed by atoms with Gasteiger partial charge in [0.25, 0.3) is 5.91 Å². The third-order valence-electron chi connectivity index (χ3n) is 6.87. The zero-order chi connectivity index (χ0) is 27.1. The van der Waals surface area contributed by atoms with Crippen molar-refractivity contribution < 1.29 is 14.3 Å². The van der Waals surface area contributed by atoms with Crippen LogP contribution in [0.5, 0.6) is 5.75 Å². The van der Waals surface area contributed by atoms with E-state index in [-0.39, 0.29) is 31.0 Å². The van der Waals surface area contributed by atoms with Gasteiger partial charge >= 0.3 is 0 Å². The van der Waals surface area contributed by atoms with E-state index in [9.17, 15) is 9.59 Å². The van der Waals surface area contributed by atoms with Crippen molar-refractivity contribution in [1.29, 1.82) is 0 Å². The molecule has 0 aliphatic heterocycles. The molecule has 0 radical (unpaired) electrons. The fourth-order valence-corrected chi connectivity index (χ4v) is 5.32. The van der Waals surface area contributed by atoms with E-state index in [1.54, 1.807) is 17.0 Å². The molecule has 0 bridgehead atoms. The molecule has 1 atom stereocenters. The third kappa shape index (κ3) is 7.75. The summed E-state index contributed by atoms with van der Waals surface area (Å²) < 4.78 is 5.93. The van der Waals surface area contributed by atoms with E-state index in [4.69, 9.17) is 27.9 Å². The maximum Gasteiger partial charge on any atom is 0.261 e. The van der Waals surface area contributed by atoms with E-state index in [2.05, 4.69) is 11.4 Å². The largest absolute Gasteiger partial charge is 0.484 e. The molecule has 0 heterocycles. The van der Waals surface area contributed by atoms with Crippen LogP contribution >= 0.6 is 23.2 Å². The molecule has 0 saturated heterocycles. The maximum atomic E-state index is 13.8. The van der Waals surface area contributed by atoms with Gasteiger partial charge in [-0.2, -0.15) is 0 Å². The molecule has 3 aromatic rings. The second kappa shape index (κ2) is 13.2. The molecule has 4 rings (SSSR count). The Bertz CT molecular complexity index is 1240. The number of aryl methyl sites for hydroxylation is 2. The zero-order valence-electron chi connectivity index (χ0n) is 21.9. The van der Waals surface area contributed by atoms with E-state index < -0.39 is 6.04 Å². The van der Waals surface area contributed by atoms with Crippen molar-refractivity contribution in [2.75, 3.05) is 6.61 Å². The number of hydrogen-bond donors (Lipinski definition) is 1. The molecule has 1 saturated carbocycles. The van der Waals surface area contributed by atoms with Gasteiger partial charge in [0.15, 0.2) is 6.61 Å². The van der Waals surface area contributed by atoms with Crippen molar-refractivity contribution in [1.82, 2.24) is 10.2 Å². The quantitative estimate of drug-likeness (QED) is 0.305. The topological polar surface area (TPSA) is 58.6 Å². The number of benzene rings is 3. The van der Waals surface area contributed by atoms with Crippen molar-refractivity contribution in [3.05, 3.63) is 99.0 Å². The molecular weight excluding hydrogens is 519 g/mol. The molecule has 7 heteroatoms. The number of carbonyl (C=O) groups is 2. The summed E-state index contributed by atoms with van der Waals surface area (Å²) in [6, 6.07) is 20.3. The van der Waals surface area contributed by atoms with Crippen LogP contribution in [-0.4, -0.2) is 35.4 Å². The fourth-order valence-electron chi connectivity index (χ4n) is 5.00. The molecule has 0 aromatic heterocycles. The van der Waals surface area contributed by atoms with E-state index in [0.717, 1.165) is 47.9 Å². The average molecular weight is 554 g/mol. The highest BCUT2D eigenvalue weighted by atomic mass is 35.5. The van der Waals surface area contributed by atoms with E-state index in [0.29, 0.717) is 22.2 Å². The van der Waals surface area contributed by atoms with Crippen LogP contribution in [0.2, 0.25) is 10.0 Å². The molecule has 1 aliphatic carbocycles. The summed E-state index contributed by atoms with van der Waals surface area (Å²) in [7, 11) is 0. The van der Waals surface area contributed by atoms with Gasteiger partial charge in [-0.3, -0.25) is 9.59 Å². The van der Waals surface area contributed by atoms with E-state index in [1.165, 1.54) is 0 Å². The summed E-state index contributed by atoms with van der Waals surface area (Å²) in [6.45, 7) is 3.98. The van der Waals surface area contributed by atoms with Crippen molar-refractivity contribution >= 4 is 35.0 Å². The fraction of sp³-hybridized carbons (Fsp3) is 0.355. The first kappa shape index (κ1) is 28.0. The molecular formula is C31H34Cl2N2O3. The lowest BCUT2D eigenvalue weighted by molar-refractivity contribution is -0.143. The number of nitrogens with zero attached hydrogens (tertiary/aromatic N) is 1. The van der Waals surface area contributed by atoms with Gasteiger partial charge in [0.2, 0.25) is 5.91 Å². The van der Waals surface area contributed by atoms with Crippen LogP contribution in [0.4, 0.5) is 0 Å². The van der Waals surface area contributed by atoms with Gasteiger partial charge in [-0.15, -0.1) is 0 Å². The van der Waals surface area contributed by atoms with Crippen LogP contribution in [0.25, 0.3) is 0 Å². The summed E-state index contributed by atoms with van der Waals surface area (Å²) in [4.78, 5) is 29.1. The number of ether oxygens (including phenoxy) is 1. The highest BCUT2D eigenvalue weighted by molar-refractivity contribution is 6.42. The van der Waals surface area contributed by atoms with Crippen LogP contribution in [0, 0.1) is 13.8 Å². The summed E-state index contributed by atoms with van der Waals surface area (Å²) in [5, 5.41) is 4.05. The van der Waals surface area contributed by atoms with Gasteiger partial charge in [0, 0.05) is 19.0 Å². The number of nitrogens with one attached hydrogen (secondary N) is 1. The number of carbonyl (C=O) groups excluding carboxylic acids is 2. The van der Waals surface area contributed by atoms with Crippen molar-refractivity contribution in [2.24, 2.45) is 0 Å². The normalized spacial score (nSPS) is 14.2. The van der Waals surface area contributed by atoms with Crippen molar-refractivity contribution in [3.63, 3.8) is 0 Å². The molecule has 2 amide bonds. The van der Waals surface area contributed by atoms with Gasteiger partial charge in [0.05, 0.1) is 10.0 Å². The number of rotatable bonds is 10. The molecule has 0 unspecified atom stereocenters. The second-order valence-corrected chi connectivity index (χ2v) is 10.9. The Morgan fingerprint density at radius 2 is 1.61 bits per heavy atom.